The van der Waals surface area contributed by atoms with Gasteiger partial charge in [0.15, 0.2) is 6.61 Å². The summed E-state index contributed by atoms with van der Waals surface area (Å²) in [5.41, 5.74) is 1.98. The van der Waals surface area contributed by atoms with Crippen LogP contribution < -0.4 is 10.1 Å². The van der Waals surface area contributed by atoms with E-state index in [0.29, 0.717) is 16.7 Å². The molecular weight excluding hydrogens is 400 g/mol. The van der Waals surface area contributed by atoms with Crippen LogP contribution in [-0.4, -0.2) is 35.4 Å². The molecule has 2 rings (SSSR count). The van der Waals surface area contributed by atoms with Crippen LogP contribution in [0.25, 0.3) is 0 Å². The molecule has 2 amide bonds. The predicted octanol–water partition coefficient (Wildman–Crippen LogP) is 4.78. The molecule has 0 saturated heterocycles. The van der Waals surface area contributed by atoms with Crippen LogP contribution in [0.15, 0.2) is 48.5 Å². The molecule has 162 valence electrons. The summed E-state index contributed by atoms with van der Waals surface area (Å²) in [6.45, 7) is 9.78. The van der Waals surface area contributed by atoms with E-state index >= 15 is 0 Å². The monoisotopic (exact) mass is 430 g/mol. The average molecular weight is 431 g/mol. The van der Waals surface area contributed by atoms with Gasteiger partial charge in [-0.3, -0.25) is 9.59 Å². The first-order chi connectivity index (χ1) is 14.2. The Kier molecular flexibility index (Phi) is 8.72. The fourth-order valence-electron chi connectivity index (χ4n) is 2.97. The van der Waals surface area contributed by atoms with Gasteiger partial charge in [-0.15, -0.1) is 0 Å². The number of benzene rings is 2. The molecule has 1 unspecified atom stereocenters. The van der Waals surface area contributed by atoms with Crippen molar-refractivity contribution in [3.63, 3.8) is 0 Å². The van der Waals surface area contributed by atoms with Gasteiger partial charge in [0.05, 0.1) is 0 Å². The Morgan fingerprint density at radius 3 is 2.20 bits per heavy atom. The number of carbonyl (C=O) groups is 2. The zero-order chi connectivity index (χ0) is 22.3. The van der Waals surface area contributed by atoms with Crippen LogP contribution in [0, 0.1) is 0 Å². The fraction of sp³-hybridized carbons (Fsp3) is 0.417. The SMILES string of the molecule is CC(C)NC(=O)C(C)N(Cc1ccccc1Cl)C(=O)COc1ccc(C(C)C)cc1. The number of ether oxygens (including phenoxy) is 1. The average Bonchev–Trinajstić information content (AvgIpc) is 2.70. The fourth-order valence-corrected chi connectivity index (χ4v) is 3.17. The van der Waals surface area contributed by atoms with Crippen molar-refractivity contribution in [3.8, 4) is 5.75 Å². The second-order valence-corrected chi connectivity index (χ2v) is 8.37. The molecule has 0 aromatic heterocycles. The van der Waals surface area contributed by atoms with E-state index in [4.69, 9.17) is 16.3 Å². The zero-order valence-corrected chi connectivity index (χ0v) is 19.1. The van der Waals surface area contributed by atoms with E-state index in [1.807, 2.05) is 56.3 Å². The molecule has 1 N–H and O–H groups in total. The van der Waals surface area contributed by atoms with E-state index in [1.165, 1.54) is 10.5 Å². The van der Waals surface area contributed by atoms with E-state index < -0.39 is 6.04 Å². The largest absolute Gasteiger partial charge is 0.484 e. The summed E-state index contributed by atoms with van der Waals surface area (Å²) in [4.78, 5) is 27.1. The van der Waals surface area contributed by atoms with Crippen LogP contribution in [0.1, 0.15) is 51.7 Å². The van der Waals surface area contributed by atoms with Crippen LogP contribution in [0.4, 0.5) is 0 Å². The third-order valence-corrected chi connectivity index (χ3v) is 5.17. The zero-order valence-electron chi connectivity index (χ0n) is 18.3. The molecule has 0 heterocycles. The number of rotatable bonds is 9. The molecule has 0 radical (unpaired) electrons. The normalized spacial score (nSPS) is 12.0. The van der Waals surface area contributed by atoms with E-state index in [9.17, 15) is 9.59 Å². The van der Waals surface area contributed by atoms with Gasteiger partial charge in [0, 0.05) is 17.6 Å². The molecule has 2 aromatic rings. The van der Waals surface area contributed by atoms with Crippen LogP contribution in [0.3, 0.4) is 0 Å². The van der Waals surface area contributed by atoms with E-state index in [1.54, 1.807) is 13.0 Å². The molecule has 2 aromatic carbocycles. The van der Waals surface area contributed by atoms with Crippen molar-refractivity contribution in [2.75, 3.05) is 6.61 Å². The summed E-state index contributed by atoms with van der Waals surface area (Å²) in [5, 5.41) is 3.41. The van der Waals surface area contributed by atoms with Gasteiger partial charge in [-0.25, -0.2) is 0 Å². The highest BCUT2D eigenvalue weighted by molar-refractivity contribution is 6.31. The minimum Gasteiger partial charge on any atom is -0.484 e. The maximum atomic E-state index is 13.0. The topological polar surface area (TPSA) is 58.6 Å². The highest BCUT2D eigenvalue weighted by Crippen LogP contribution is 2.20. The minimum atomic E-state index is -0.664. The van der Waals surface area contributed by atoms with Crippen LogP contribution in [-0.2, 0) is 16.1 Å². The summed E-state index contributed by atoms with van der Waals surface area (Å²) in [5.74, 6) is 0.540. The van der Waals surface area contributed by atoms with Crippen molar-refractivity contribution in [1.29, 1.82) is 0 Å². The molecule has 0 saturated carbocycles. The maximum absolute atomic E-state index is 13.0. The Bertz CT molecular complexity index is 850. The second kappa shape index (κ2) is 11.0. The van der Waals surface area contributed by atoms with Gasteiger partial charge in [-0.1, -0.05) is 55.8 Å². The number of nitrogens with zero attached hydrogens (tertiary/aromatic N) is 1. The summed E-state index contributed by atoms with van der Waals surface area (Å²) < 4.78 is 5.71. The third-order valence-electron chi connectivity index (χ3n) is 4.81. The summed E-state index contributed by atoms with van der Waals surface area (Å²) in [6, 6.07) is 14.3. The van der Waals surface area contributed by atoms with Crippen molar-refractivity contribution in [1.82, 2.24) is 10.2 Å². The Morgan fingerprint density at radius 1 is 1.00 bits per heavy atom. The highest BCUT2D eigenvalue weighted by atomic mass is 35.5. The van der Waals surface area contributed by atoms with Gasteiger partial charge in [0.1, 0.15) is 11.8 Å². The van der Waals surface area contributed by atoms with E-state index in [2.05, 4.69) is 19.2 Å². The molecule has 0 fully saturated rings. The molecule has 1 atom stereocenters. The molecule has 30 heavy (non-hydrogen) atoms. The molecular formula is C24H31ClN2O3. The van der Waals surface area contributed by atoms with Gasteiger partial charge in [0.25, 0.3) is 5.91 Å². The minimum absolute atomic E-state index is 0.0204. The number of nitrogens with one attached hydrogen (secondary N) is 1. The first kappa shape index (κ1) is 23.7. The molecule has 0 aliphatic carbocycles. The first-order valence-corrected chi connectivity index (χ1v) is 10.6. The highest BCUT2D eigenvalue weighted by Gasteiger charge is 2.27. The summed E-state index contributed by atoms with van der Waals surface area (Å²) in [7, 11) is 0. The van der Waals surface area contributed by atoms with Gasteiger partial charge in [-0.2, -0.15) is 0 Å². The van der Waals surface area contributed by atoms with Gasteiger partial charge >= 0.3 is 0 Å². The lowest BCUT2D eigenvalue weighted by molar-refractivity contribution is -0.142. The standard InChI is InChI=1S/C24H31ClN2O3/c1-16(2)19-10-12-21(13-11-19)30-15-23(28)27(18(5)24(29)26-17(3)4)14-20-8-6-7-9-22(20)25/h6-13,16-18H,14-15H2,1-5H3,(H,26,29). The van der Waals surface area contributed by atoms with Crippen molar-refractivity contribution in [2.24, 2.45) is 0 Å². The van der Waals surface area contributed by atoms with E-state index in [0.717, 1.165) is 5.56 Å². The number of hydrogen-bond donors (Lipinski definition) is 1. The van der Waals surface area contributed by atoms with E-state index in [-0.39, 0.29) is 31.0 Å². The Labute approximate surface area is 184 Å². The molecule has 5 nitrogen and oxygen atoms in total. The van der Waals surface area contributed by atoms with Gasteiger partial charge < -0.3 is 15.0 Å². The number of amides is 2. The van der Waals surface area contributed by atoms with Crippen molar-refractivity contribution in [2.45, 2.75) is 59.2 Å². The summed E-state index contributed by atoms with van der Waals surface area (Å²) in [6.07, 6.45) is 0. The third kappa shape index (κ3) is 6.77. The van der Waals surface area contributed by atoms with Gasteiger partial charge in [-0.05, 0) is 56.0 Å². The van der Waals surface area contributed by atoms with Crippen molar-refractivity contribution >= 4 is 23.4 Å². The lowest BCUT2D eigenvalue weighted by atomic mass is 10.0. The predicted molar refractivity (Wildman–Crippen MR) is 121 cm³/mol. The molecule has 0 bridgehead atoms. The number of carbonyl (C=O) groups excluding carboxylic acids is 2. The number of halogens is 1. The Balaban J connectivity index is 2.14. The molecule has 0 aliphatic rings. The smallest absolute Gasteiger partial charge is 0.261 e. The maximum Gasteiger partial charge on any atom is 0.261 e. The number of hydrogen-bond acceptors (Lipinski definition) is 3. The van der Waals surface area contributed by atoms with Gasteiger partial charge in [0.2, 0.25) is 5.91 Å². The summed E-state index contributed by atoms with van der Waals surface area (Å²) >= 11 is 6.29. The van der Waals surface area contributed by atoms with Crippen molar-refractivity contribution in [3.05, 3.63) is 64.7 Å². The molecule has 6 heteroatoms. The van der Waals surface area contributed by atoms with Crippen molar-refractivity contribution < 1.29 is 14.3 Å². The Morgan fingerprint density at radius 2 is 1.63 bits per heavy atom. The Hall–Kier alpha value is -2.53. The molecule has 0 spiro atoms. The quantitative estimate of drug-likeness (QED) is 0.622. The lowest BCUT2D eigenvalue weighted by Gasteiger charge is -2.29. The van der Waals surface area contributed by atoms with Crippen LogP contribution in [0.2, 0.25) is 5.02 Å². The second-order valence-electron chi connectivity index (χ2n) is 7.96. The van der Waals surface area contributed by atoms with Crippen LogP contribution in [0.5, 0.6) is 5.75 Å². The van der Waals surface area contributed by atoms with Crippen LogP contribution >= 0.6 is 11.6 Å². The lowest BCUT2D eigenvalue weighted by Crippen LogP contribution is -2.50. The molecule has 0 aliphatic heterocycles. The first-order valence-electron chi connectivity index (χ1n) is 10.2.